The number of carbonyl (C=O) groups is 2. The number of unbranched alkanes of at least 4 members (excludes halogenated alkanes) is 1. The van der Waals surface area contributed by atoms with E-state index in [1.807, 2.05) is 24.3 Å². The molecule has 35 heavy (non-hydrogen) atoms. The number of aldehydes is 1. The monoisotopic (exact) mass is 490 g/mol. The van der Waals surface area contributed by atoms with Crippen molar-refractivity contribution in [1.29, 1.82) is 0 Å². The maximum Gasteiger partial charge on any atom is 0.344 e. The molecule has 184 valence electrons. The normalized spacial score (nSPS) is 12.7. The van der Waals surface area contributed by atoms with E-state index in [1.54, 1.807) is 12.1 Å². The van der Waals surface area contributed by atoms with E-state index in [-0.39, 0.29) is 11.5 Å². The molecule has 5 nitrogen and oxygen atoms in total. The molecule has 0 bridgehead atoms. The highest BCUT2D eigenvalue weighted by molar-refractivity contribution is 6.99. The predicted octanol–water partition coefficient (Wildman–Crippen LogP) is 4.96. The van der Waals surface area contributed by atoms with Gasteiger partial charge in [0.05, 0.1) is 6.61 Å². The van der Waals surface area contributed by atoms with Gasteiger partial charge in [0.25, 0.3) is 8.32 Å². The molecule has 0 aliphatic carbocycles. The molecule has 1 unspecified atom stereocenters. The SMILES string of the molecule is CC(C)(C)[Si](OCc1ccc(OC(CCCC=O)C(=O)O)cc1)(c1ccccc1)c1ccccc1. The largest absolute Gasteiger partial charge is 0.479 e. The van der Waals surface area contributed by atoms with Crippen LogP contribution < -0.4 is 15.1 Å². The fraction of sp³-hybridized carbons (Fsp3) is 0.310. The Morgan fingerprint density at radius 1 is 0.914 bits per heavy atom. The quantitative estimate of drug-likeness (QED) is 0.221. The molecule has 0 aliphatic heterocycles. The molecular formula is C29H34O5Si. The van der Waals surface area contributed by atoms with E-state index in [4.69, 9.17) is 9.16 Å². The lowest BCUT2D eigenvalue weighted by atomic mass is 10.1. The molecule has 3 aromatic rings. The topological polar surface area (TPSA) is 72.8 Å². The van der Waals surface area contributed by atoms with Crippen LogP contribution in [-0.4, -0.2) is 31.8 Å². The van der Waals surface area contributed by atoms with Crippen molar-refractivity contribution in [1.82, 2.24) is 0 Å². The van der Waals surface area contributed by atoms with Gasteiger partial charge in [-0.2, -0.15) is 0 Å². The van der Waals surface area contributed by atoms with Crippen molar-refractivity contribution in [3.63, 3.8) is 0 Å². The summed E-state index contributed by atoms with van der Waals surface area (Å²) in [5.41, 5.74) is 0.984. The molecule has 0 amide bonds. The van der Waals surface area contributed by atoms with Gasteiger partial charge in [-0.3, -0.25) is 0 Å². The van der Waals surface area contributed by atoms with Crippen LogP contribution in [0.1, 0.15) is 45.6 Å². The molecule has 1 atom stereocenters. The fourth-order valence-corrected chi connectivity index (χ4v) is 8.94. The summed E-state index contributed by atoms with van der Waals surface area (Å²) < 4.78 is 12.6. The summed E-state index contributed by atoms with van der Waals surface area (Å²) in [6, 6.07) is 28.4. The summed E-state index contributed by atoms with van der Waals surface area (Å²) in [7, 11) is -2.64. The number of rotatable bonds is 12. The van der Waals surface area contributed by atoms with Gasteiger partial charge in [-0.25, -0.2) is 4.79 Å². The smallest absolute Gasteiger partial charge is 0.344 e. The van der Waals surface area contributed by atoms with Gasteiger partial charge >= 0.3 is 5.97 Å². The summed E-state index contributed by atoms with van der Waals surface area (Å²) in [4.78, 5) is 22.0. The lowest BCUT2D eigenvalue weighted by Crippen LogP contribution is -2.66. The Balaban J connectivity index is 1.83. The molecule has 0 spiro atoms. The fourth-order valence-electron chi connectivity index (χ4n) is 4.40. The zero-order chi connectivity index (χ0) is 25.3. The van der Waals surface area contributed by atoms with Gasteiger partial charge in [-0.1, -0.05) is 93.6 Å². The van der Waals surface area contributed by atoms with Crippen LogP contribution in [0.5, 0.6) is 5.75 Å². The third-order valence-corrected chi connectivity index (χ3v) is 11.1. The van der Waals surface area contributed by atoms with Crippen LogP contribution in [0.4, 0.5) is 0 Å². The first-order valence-corrected chi connectivity index (χ1v) is 13.9. The molecule has 3 aromatic carbocycles. The van der Waals surface area contributed by atoms with Crippen LogP contribution in [0.15, 0.2) is 84.9 Å². The Bertz CT molecular complexity index is 1040. The molecule has 0 aromatic heterocycles. The van der Waals surface area contributed by atoms with Gasteiger partial charge in [0.1, 0.15) is 12.0 Å². The maximum atomic E-state index is 11.5. The molecule has 0 radical (unpaired) electrons. The second-order valence-corrected chi connectivity index (χ2v) is 13.9. The molecule has 0 heterocycles. The Kier molecular flexibility index (Phi) is 9.01. The minimum Gasteiger partial charge on any atom is -0.479 e. The second kappa shape index (κ2) is 12.0. The maximum absolute atomic E-state index is 11.5. The third kappa shape index (κ3) is 6.47. The van der Waals surface area contributed by atoms with E-state index in [9.17, 15) is 14.7 Å². The molecule has 3 rings (SSSR count). The minimum absolute atomic E-state index is 0.116. The highest BCUT2D eigenvalue weighted by Crippen LogP contribution is 2.37. The number of hydrogen-bond acceptors (Lipinski definition) is 4. The Labute approximate surface area is 208 Å². The Hall–Kier alpha value is -3.22. The zero-order valence-electron chi connectivity index (χ0n) is 20.6. The summed E-state index contributed by atoms with van der Waals surface area (Å²) in [6.45, 7) is 7.15. The van der Waals surface area contributed by atoms with Crippen molar-refractivity contribution in [2.75, 3.05) is 0 Å². The van der Waals surface area contributed by atoms with E-state index in [2.05, 4.69) is 69.3 Å². The van der Waals surface area contributed by atoms with Crippen LogP contribution in [0.3, 0.4) is 0 Å². The van der Waals surface area contributed by atoms with Crippen molar-refractivity contribution in [2.45, 2.75) is 57.8 Å². The lowest BCUT2D eigenvalue weighted by molar-refractivity contribution is -0.145. The van der Waals surface area contributed by atoms with E-state index in [0.29, 0.717) is 25.2 Å². The third-order valence-electron chi connectivity index (χ3n) is 6.14. The molecular weight excluding hydrogens is 456 g/mol. The second-order valence-electron chi connectivity index (χ2n) is 9.64. The van der Waals surface area contributed by atoms with Crippen molar-refractivity contribution < 1.29 is 23.9 Å². The van der Waals surface area contributed by atoms with E-state index in [0.717, 1.165) is 11.8 Å². The van der Waals surface area contributed by atoms with Gasteiger partial charge in [-0.15, -0.1) is 0 Å². The standard InChI is InChI=1S/C29H34O5Si/c1-29(2,3)35(25-12-6-4-7-13-25,26-14-8-5-9-15-26)33-22-23-17-19-24(20-18-23)34-27(28(31)32)16-10-11-21-30/h4-9,12-15,17-21,27H,10-11,16,22H2,1-3H3,(H,31,32). The average Bonchev–Trinajstić information content (AvgIpc) is 2.85. The van der Waals surface area contributed by atoms with E-state index >= 15 is 0 Å². The molecule has 0 aliphatic rings. The number of benzene rings is 3. The van der Waals surface area contributed by atoms with Gasteiger partial charge in [0.2, 0.25) is 0 Å². The summed E-state index contributed by atoms with van der Waals surface area (Å²) in [5, 5.41) is 11.8. The molecule has 0 saturated heterocycles. The highest BCUT2D eigenvalue weighted by atomic mass is 28.4. The number of carboxylic acid groups (broad SMARTS) is 1. The molecule has 0 saturated carbocycles. The lowest BCUT2D eigenvalue weighted by Gasteiger charge is -2.43. The van der Waals surface area contributed by atoms with Crippen LogP contribution >= 0.6 is 0 Å². The number of ether oxygens (including phenoxy) is 1. The van der Waals surface area contributed by atoms with Crippen molar-refractivity contribution >= 4 is 30.9 Å². The predicted molar refractivity (Wildman–Crippen MR) is 141 cm³/mol. The first kappa shape index (κ1) is 26.4. The number of hydrogen-bond donors (Lipinski definition) is 1. The van der Waals surface area contributed by atoms with E-state index < -0.39 is 20.4 Å². The van der Waals surface area contributed by atoms with Crippen molar-refractivity contribution in [3.05, 3.63) is 90.5 Å². The molecule has 6 heteroatoms. The van der Waals surface area contributed by atoms with Crippen molar-refractivity contribution in [2.24, 2.45) is 0 Å². The number of carboxylic acids is 1. The van der Waals surface area contributed by atoms with E-state index in [1.165, 1.54) is 10.4 Å². The van der Waals surface area contributed by atoms with Crippen LogP contribution in [-0.2, 0) is 20.6 Å². The van der Waals surface area contributed by atoms with Gasteiger partial charge in [0, 0.05) is 6.42 Å². The minimum atomic E-state index is -2.64. The summed E-state index contributed by atoms with van der Waals surface area (Å²) in [6.07, 6.45) is 0.900. The summed E-state index contributed by atoms with van der Waals surface area (Å²) in [5.74, 6) is -0.548. The van der Waals surface area contributed by atoms with Gasteiger partial charge in [0.15, 0.2) is 6.10 Å². The van der Waals surface area contributed by atoms with Crippen molar-refractivity contribution in [3.8, 4) is 5.75 Å². The number of carbonyl (C=O) groups excluding carboxylic acids is 1. The Morgan fingerprint density at radius 3 is 1.91 bits per heavy atom. The molecule has 1 N–H and O–H groups in total. The van der Waals surface area contributed by atoms with Crippen LogP contribution in [0, 0.1) is 0 Å². The Morgan fingerprint density at radius 2 is 1.46 bits per heavy atom. The molecule has 0 fully saturated rings. The van der Waals surface area contributed by atoms with Crippen LogP contribution in [0.2, 0.25) is 5.04 Å². The summed E-state index contributed by atoms with van der Waals surface area (Å²) >= 11 is 0. The van der Waals surface area contributed by atoms with Gasteiger partial charge in [-0.05, 0) is 45.9 Å². The average molecular weight is 491 g/mol. The first-order valence-electron chi connectivity index (χ1n) is 11.9. The van der Waals surface area contributed by atoms with Crippen LogP contribution in [0.25, 0.3) is 0 Å². The zero-order valence-corrected chi connectivity index (χ0v) is 21.6. The first-order chi connectivity index (χ1) is 16.8. The number of aliphatic carboxylic acids is 1. The highest BCUT2D eigenvalue weighted by Gasteiger charge is 2.50. The van der Waals surface area contributed by atoms with Gasteiger partial charge < -0.3 is 19.1 Å².